The minimum atomic E-state index is -0.827. The third-order valence-corrected chi connectivity index (χ3v) is 2.68. The fraction of sp³-hybridized carbons (Fsp3) is 0.400. The molecule has 1 aromatic rings. The van der Waals surface area contributed by atoms with Gasteiger partial charge in [-0.25, -0.2) is 0 Å². The number of thiophene rings is 1. The van der Waals surface area contributed by atoms with Gasteiger partial charge in [-0.2, -0.15) is 11.3 Å². The van der Waals surface area contributed by atoms with Crippen molar-refractivity contribution < 1.29 is 14.7 Å². The Morgan fingerprint density at radius 1 is 1.53 bits per heavy atom. The van der Waals surface area contributed by atoms with Crippen molar-refractivity contribution in [3.63, 3.8) is 0 Å². The van der Waals surface area contributed by atoms with Crippen molar-refractivity contribution in [3.8, 4) is 0 Å². The van der Waals surface area contributed by atoms with E-state index in [4.69, 9.17) is 5.11 Å². The van der Waals surface area contributed by atoms with Crippen LogP contribution < -0.4 is 0 Å². The molecule has 1 aromatic heterocycles. The predicted molar refractivity (Wildman–Crippen MR) is 58.1 cm³/mol. The van der Waals surface area contributed by atoms with E-state index >= 15 is 0 Å². The fourth-order valence-electron chi connectivity index (χ4n) is 1.18. The number of hydrogen-bond acceptors (Lipinski definition) is 3. The van der Waals surface area contributed by atoms with Gasteiger partial charge in [-0.1, -0.05) is 0 Å². The second-order valence-electron chi connectivity index (χ2n) is 3.24. The van der Waals surface area contributed by atoms with Gasteiger partial charge in [-0.15, -0.1) is 0 Å². The predicted octanol–water partition coefficient (Wildman–Crippen LogP) is 1.68. The molecule has 0 unspecified atom stereocenters. The smallest absolute Gasteiger partial charge is 0.303 e. The lowest BCUT2D eigenvalue weighted by Crippen LogP contribution is -2.27. The molecule has 0 fully saturated rings. The lowest BCUT2D eigenvalue weighted by Gasteiger charge is -2.15. The van der Waals surface area contributed by atoms with Crippen LogP contribution >= 0.6 is 11.3 Å². The van der Waals surface area contributed by atoms with Gasteiger partial charge in [-0.05, 0) is 17.9 Å². The standard InChI is InChI=1S/C10H13NO3S/c1-11(5-2-3-9(12)13)10(14)8-4-6-15-7-8/h4,6-7H,2-3,5H2,1H3,(H,12,13). The molecule has 0 bridgehead atoms. The van der Waals surface area contributed by atoms with Crippen molar-refractivity contribution in [1.82, 2.24) is 4.90 Å². The van der Waals surface area contributed by atoms with Crippen molar-refractivity contribution in [2.45, 2.75) is 12.8 Å². The average Bonchev–Trinajstić information content (AvgIpc) is 2.68. The minimum Gasteiger partial charge on any atom is -0.481 e. The summed E-state index contributed by atoms with van der Waals surface area (Å²) in [4.78, 5) is 23.5. The summed E-state index contributed by atoms with van der Waals surface area (Å²) in [5, 5.41) is 12.1. The highest BCUT2D eigenvalue weighted by Gasteiger charge is 2.11. The number of hydrogen-bond donors (Lipinski definition) is 1. The number of rotatable bonds is 5. The summed E-state index contributed by atoms with van der Waals surface area (Å²) in [6, 6.07) is 1.76. The summed E-state index contributed by atoms with van der Waals surface area (Å²) >= 11 is 1.47. The van der Waals surface area contributed by atoms with Gasteiger partial charge in [0.1, 0.15) is 0 Å². The van der Waals surface area contributed by atoms with E-state index in [1.807, 2.05) is 5.38 Å². The first kappa shape index (κ1) is 11.7. The van der Waals surface area contributed by atoms with Crippen LogP contribution in [0, 0.1) is 0 Å². The molecule has 0 aliphatic heterocycles. The Morgan fingerprint density at radius 3 is 2.80 bits per heavy atom. The van der Waals surface area contributed by atoms with E-state index in [1.54, 1.807) is 23.4 Å². The number of carboxylic acids is 1. The summed E-state index contributed by atoms with van der Waals surface area (Å²) in [6.45, 7) is 0.473. The Balaban J connectivity index is 2.37. The Kier molecular flexibility index (Phi) is 4.30. The molecule has 0 aliphatic rings. The summed E-state index contributed by atoms with van der Waals surface area (Å²) in [6.07, 6.45) is 0.586. The van der Waals surface area contributed by atoms with Gasteiger partial charge in [-0.3, -0.25) is 9.59 Å². The number of carboxylic acid groups (broad SMARTS) is 1. The fourth-order valence-corrected chi connectivity index (χ4v) is 1.81. The maximum Gasteiger partial charge on any atom is 0.303 e. The van der Waals surface area contributed by atoms with E-state index in [2.05, 4.69) is 0 Å². The maximum atomic E-state index is 11.7. The molecule has 0 saturated heterocycles. The molecular formula is C10H13NO3S. The van der Waals surface area contributed by atoms with Crippen LogP contribution in [0.3, 0.4) is 0 Å². The first-order valence-corrected chi connectivity index (χ1v) is 5.55. The van der Waals surface area contributed by atoms with E-state index in [0.717, 1.165) is 0 Å². The second kappa shape index (κ2) is 5.50. The van der Waals surface area contributed by atoms with E-state index in [9.17, 15) is 9.59 Å². The largest absolute Gasteiger partial charge is 0.481 e. The lowest BCUT2D eigenvalue weighted by molar-refractivity contribution is -0.137. The third-order valence-electron chi connectivity index (χ3n) is 2.00. The van der Waals surface area contributed by atoms with Crippen LogP contribution in [0.25, 0.3) is 0 Å². The first-order valence-electron chi connectivity index (χ1n) is 4.60. The first-order chi connectivity index (χ1) is 7.11. The van der Waals surface area contributed by atoms with Crippen molar-refractivity contribution in [2.75, 3.05) is 13.6 Å². The van der Waals surface area contributed by atoms with Crippen LogP contribution in [0.1, 0.15) is 23.2 Å². The molecule has 1 amide bonds. The number of amides is 1. The average molecular weight is 227 g/mol. The molecule has 0 aromatic carbocycles. The molecule has 1 N–H and O–H groups in total. The molecule has 0 saturated carbocycles. The van der Waals surface area contributed by atoms with Gasteiger partial charge in [0.05, 0.1) is 5.56 Å². The van der Waals surface area contributed by atoms with Gasteiger partial charge < -0.3 is 10.0 Å². The highest BCUT2D eigenvalue weighted by atomic mass is 32.1. The minimum absolute atomic E-state index is 0.0540. The molecular weight excluding hydrogens is 214 g/mol. The van der Waals surface area contributed by atoms with E-state index in [0.29, 0.717) is 18.5 Å². The molecule has 0 radical (unpaired) electrons. The Hall–Kier alpha value is -1.36. The normalized spacial score (nSPS) is 9.93. The number of carbonyl (C=O) groups excluding carboxylic acids is 1. The highest BCUT2D eigenvalue weighted by molar-refractivity contribution is 7.08. The molecule has 82 valence electrons. The lowest BCUT2D eigenvalue weighted by atomic mass is 10.2. The van der Waals surface area contributed by atoms with Crippen molar-refractivity contribution in [1.29, 1.82) is 0 Å². The SMILES string of the molecule is CN(CCCC(=O)O)C(=O)c1ccsc1. The van der Waals surface area contributed by atoms with E-state index in [1.165, 1.54) is 11.3 Å². The van der Waals surface area contributed by atoms with Gasteiger partial charge in [0.25, 0.3) is 5.91 Å². The summed E-state index contributed by atoms with van der Waals surface area (Å²) < 4.78 is 0. The third kappa shape index (κ3) is 3.71. The van der Waals surface area contributed by atoms with Crippen LogP contribution in [0.2, 0.25) is 0 Å². The van der Waals surface area contributed by atoms with Crippen molar-refractivity contribution in [2.24, 2.45) is 0 Å². The van der Waals surface area contributed by atoms with Crippen LogP contribution in [0.5, 0.6) is 0 Å². The molecule has 1 rings (SSSR count). The Bertz CT molecular complexity index is 334. The van der Waals surface area contributed by atoms with Gasteiger partial charge >= 0.3 is 5.97 Å². The topological polar surface area (TPSA) is 57.6 Å². The van der Waals surface area contributed by atoms with Crippen LogP contribution in [-0.2, 0) is 4.79 Å². The molecule has 1 heterocycles. The van der Waals surface area contributed by atoms with Gasteiger partial charge in [0.15, 0.2) is 0 Å². The summed E-state index contributed by atoms with van der Waals surface area (Å²) in [7, 11) is 1.68. The van der Waals surface area contributed by atoms with E-state index < -0.39 is 5.97 Å². The Labute approximate surface area is 92.1 Å². The Morgan fingerprint density at radius 2 is 2.27 bits per heavy atom. The van der Waals surface area contributed by atoms with Crippen molar-refractivity contribution >= 4 is 23.2 Å². The zero-order valence-corrected chi connectivity index (χ0v) is 9.29. The molecule has 0 atom stereocenters. The van der Waals surface area contributed by atoms with Crippen molar-refractivity contribution in [3.05, 3.63) is 22.4 Å². The molecule has 5 heteroatoms. The monoisotopic (exact) mass is 227 g/mol. The quantitative estimate of drug-likeness (QED) is 0.832. The number of nitrogens with zero attached hydrogens (tertiary/aromatic N) is 1. The highest BCUT2D eigenvalue weighted by Crippen LogP contribution is 2.09. The number of aliphatic carboxylic acids is 1. The van der Waals surface area contributed by atoms with E-state index in [-0.39, 0.29) is 12.3 Å². The zero-order valence-electron chi connectivity index (χ0n) is 8.47. The van der Waals surface area contributed by atoms with Gasteiger partial charge in [0, 0.05) is 25.4 Å². The summed E-state index contributed by atoms with van der Waals surface area (Å²) in [5.41, 5.74) is 0.665. The molecule has 4 nitrogen and oxygen atoms in total. The summed E-state index contributed by atoms with van der Waals surface area (Å²) in [5.74, 6) is -0.881. The van der Waals surface area contributed by atoms with Crippen LogP contribution in [-0.4, -0.2) is 35.5 Å². The molecule has 0 spiro atoms. The molecule has 0 aliphatic carbocycles. The second-order valence-corrected chi connectivity index (χ2v) is 4.02. The number of carbonyl (C=O) groups is 2. The van der Waals surface area contributed by atoms with Crippen LogP contribution in [0.4, 0.5) is 0 Å². The molecule has 15 heavy (non-hydrogen) atoms. The van der Waals surface area contributed by atoms with Crippen LogP contribution in [0.15, 0.2) is 16.8 Å². The van der Waals surface area contributed by atoms with Gasteiger partial charge in [0.2, 0.25) is 0 Å². The zero-order chi connectivity index (χ0) is 11.3. The maximum absolute atomic E-state index is 11.7.